The van der Waals surface area contributed by atoms with Crippen LogP contribution in [-0.2, 0) is 14.8 Å². The van der Waals surface area contributed by atoms with Crippen molar-refractivity contribution in [3.05, 3.63) is 23.8 Å². The summed E-state index contributed by atoms with van der Waals surface area (Å²) in [4.78, 5) is 17.5. The fourth-order valence-corrected chi connectivity index (χ4v) is 4.58. The lowest BCUT2D eigenvalue weighted by atomic mass is 10.0. The predicted octanol–water partition coefficient (Wildman–Crippen LogP) is 2.42. The molecule has 0 fully saturated rings. The van der Waals surface area contributed by atoms with Crippen LogP contribution >= 0.6 is 0 Å². The average Bonchev–Trinajstić information content (AvgIpc) is 2.74. The van der Waals surface area contributed by atoms with Crippen molar-refractivity contribution in [2.45, 2.75) is 58.3 Å². The van der Waals surface area contributed by atoms with Crippen LogP contribution in [0.2, 0.25) is 0 Å². The van der Waals surface area contributed by atoms with Gasteiger partial charge in [0.05, 0.1) is 36.7 Å². The number of fused-ring (bicyclic) bond motifs is 1. The van der Waals surface area contributed by atoms with E-state index in [9.17, 15) is 18.3 Å². The Balaban J connectivity index is 2.51. The fraction of sp³-hybridized carbons (Fsp3) is 0.708. The highest BCUT2D eigenvalue weighted by molar-refractivity contribution is 7.92. The summed E-state index contributed by atoms with van der Waals surface area (Å²) in [6.45, 7) is 7.31. The lowest BCUT2D eigenvalue weighted by molar-refractivity contribution is -0.0137. The molecule has 1 aromatic carbocycles. The molecule has 4 atom stereocenters. The van der Waals surface area contributed by atoms with Crippen molar-refractivity contribution < 1.29 is 27.8 Å². The largest absolute Gasteiger partial charge is 0.490 e. The molecule has 0 aromatic heterocycles. The molecule has 0 spiro atoms. The van der Waals surface area contributed by atoms with Crippen LogP contribution < -0.4 is 9.46 Å². The molecule has 0 unspecified atom stereocenters. The number of nitrogens with zero attached hydrogens (tertiary/aromatic N) is 2. The molecular weight excluding hydrogens is 458 g/mol. The normalized spacial score (nSPS) is 24.2. The highest BCUT2D eigenvalue weighted by Gasteiger charge is 2.30. The van der Waals surface area contributed by atoms with E-state index >= 15 is 0 Å². The van der Waals surface area contributed by atoms with Gasteiger partial charge in [-0.1, -0.05) is 6.92 Å². The third-order valence-corrected chi connectivity index (χ3v) is 6.51. The number of rotatable bonds is 6. The van der Waals surface area contributed by atoms with Gasteiger partial charge in [-0.05, 0) is 65.4 Å². The van der Waals surface area contributed by atoms with Gasteiger partial charge in [0, 0.05) is 31.3 Å². The van der Waals surface area contributed by atoms with Crippen LogP contribution in [0.5, 0.6) is 5.75 Å². The van der Waals surface area contributed by atoms with Gasteiger partial charge in [-0.2, -0.15) is 0 Å². The topological polar surface area (TPSA) is 108 Å². The zero-order valence-corrected chi connectivity index (χ0v) is 22.1. The van der Waals surface area contributed by atoms with Gasteiger partial charge in [-0.3, -0.25) is 9.52 Å². The highest BCUT2D eigenvalue weighted by Crippen LogP contribution is 2.28. The molecule has 2 rings (SSSR count). The second-order valence-corrected chi connectivity index (χ2v) is 11.4. The number of amides is 1. The number of likely N-dealkylation sites (N-methyl/N-ethyl adjacent to an activating group) is 1. The molecule has 10 heteroatoms. The number of hydrogen-bond acceptors (Lipinski definition) is 7. The van der Waals surface area contributed by atoms with Crippen LogP contribution in [0.1, 0.15) is 50.4 Å². The van der Waals surface area contributed by atoms with E-state index in [4.69, 9.17) is 9.47 Å². The third-order valence-electron chi connectivity index (χ3n) is 5.90. The number of sulfonamides is 1. The molecule has 2 N–H and O–H groups in total. The standard InChI is InChI=1S/C24H41N3O6S/c1-17-14-27(18(2)16-28)24(29)21-13-20(25-34(6,30)31)10-11-22(21)33-19(3)9-7-8-12-32-23(17)15-26(4)5/h10-11,13,17-19,23,25,28H,7-9,12,14-16H2,1-6H3/t17-,18+,19+,23+/m0/s1. The maximum absolute atomic E-state index is 13.8. The summed E-state index contributed by atoms with van der Waals surface area (Å²) >= 11 is 0. The first-order valence-electron chi connectivity index (χ1n) is 11.9. The number of hydrogen-bond donors (Lipinski definition) is 2. The molecule has 0 bridgehead atoms. The van der Waals surface area contributed by atoms with E-state index < -0.39 is 16.1 Å². The summed E-state index contributed by atoms with van der Waals surface area (Å²) < 4.78 is 38.3. The molecule has 9 nitrogen and oxygen atoms in total. The van der Waals surface area contributed by atoms with Crippen molar-refractivity contribution in [3.63, 3.8) is 0 Å². The summed E-state index contributed by atoms with van der Waals surface area (Å²) in [7, 11) is 0.465. The number of anilines is 1. The number of nitrogens with one attached hydrogen (secondary N) is 1. The molecule has 1 amide bonds. The number of carbonyl (C=O) groups excluding carboxylic acids is 1. The Morgan fingerprint density at radius 3 is 2.59 bits per heavy atom. The first-order chi connectivity index (χ1) is 15.9. The van der Waals surface area contributed by atoms with Gasteiger partial charge in [0.1, 0.15) is 5.75 Å². The summed E-state index contributed by atoms with van der Waals surface area (Å²) in [5.74, 6) is 0.0785. The summed E-state index contributed by atoms with van der Waals surface area (Å²) in [6, 6.07) is 4.28. The van der Waals surface area contributed by atoms with Gasteiger partial charge in [0.25, 0.3) is 5.91 Å². The van der Waals surface area contributed by atoms with E-state index in [1.807, 2.05) is 27.9 Å². The van der Waals surface area contributed by atoms with Crippen molar-refractivity contribution in [1.29, 1.82) is 0 Å². The van der Waals surface area contributed by atoms with Crippen LogP contribution in [-0.4, -0.2) is 94.1 Å². The second-order valence-electron chi connectivity index (χ2n) is 9.65. The van der Waals surface area contributed by atoms with Crippen LogP contribution in [0.3, 0.4) is 0 Å². The first-order valence-corrected chi connectivity index (χ1v) is 13.8. The van der Waals surface area contributed by atoms with Crippen molar-refractivity contribution in [3.8, 4) is 5.75 Å². The zero-order valence-electron chi connectivity index (χ0n) is 21.3. The SMILES string of the molecule is C[C@@H]1CCCCO[C@H](CN(C)C)[C@@H](C)CN([C@H](C)CO)C(=O)c2cc(NS(C)(=O)=O)ccc2O1. The van der Waals surface area contributed by atoms with Crippen molar-refractivity contribution in [2.75, 3.05) is 51.4 Å². The summed E-state index contributed by atoms with van der Waals surface area (Å²) in [6.07, 6.45) is 3.48. The van der Waals surface area contributed by atoms with Gasteiger partial charge in [0.15, 0.2) is 0 Å². The summed E-state index contributed by atoms with van der Waals surface area (Å²) in [5.41, 5.74) is 0.542. The Morgan fingerprint density at radius 1 is 1.26 bits per heavy atom. The first kappa shape index (κ1) is 28.4. The molecule has 0 saturated carbocycles. The van der Waals surface area contributed by atoms with Crippen LogP contribution in [0.4, 0.5) is 5.69 Å². The lowest BCUT2D eigenvalue weighted by Crippen LogP contribution is -2.47. The Kier molecular flexibility index (Phi) is 10.6. The van der Waals surface area contributed by atoms with E-state index in [2.05, 4.69) is 9.62 Å². The Hall–Kier alpha value is -1.88. The van der Waals surface area contributed by atoms with Gasteiger partial charge < -0.3 is 24.4 Å². The Morgan fingerprint density at radius 2 is 1.97 bits per heavy atom. The predicted molar refractivity (Wildman–Crippen MR) is 134 cm³/mol. The Bertz CT molecular complexity index is 908. The highest BCUT2D eigenvalue weighted by atomic mass is 32.2. The van der Waals surface area contributed by atoms with Crippen molar-refractivity contribution in [1.82, 2.24) is 9.80 Å². The van der Waals surface area contributed by atoms with Crippen LogP contribution in [0, 0.1) is 5.92 Å². The molecule has 1 aliphatic rings. The van der Waals surface area contributed by atoms with Gasteiger partial charge in [-0.15, -0.1) is 0 Å². The van der Waals surface area contributed by atoms with Gasteiger partial charge in [-0.25, -0.2) is 8.42 Å². The number of ether oxygens (including phenoxy) is 2. The monoisotopic (exact) mass is 499 g/mol. The van der Waals surface area contributed by atoms with Crippen LogP contribution in [0.15, 0.2) is 18.2 Å². The molecule has 0 saturated heterocycles. The number of benzene rings is 1. The molecule has 194 valence electrons. The molecular formula is C24H41N3O6S. The molecule has 0 radical (unpaired) electrons. The number of aliphatic hydroxyl groups excluding tert-OH is 1. The minimum absolute atomic E-state index is 0.00362. The van der Waals surface area contributed by atoms with E-state index in [0.717, 1.165) is 32.1 Å². The average molecular weight is 500 g/mol. The van der Waals surface area contributed by atoms with E-state index in [0.29, 0.717) is 18.9 Å². The minimum atomic E-state index is -3.52. The third kappa shape index (κ3) is 8.72. The lowest BCUT2D eigenvalue weighted by Gasteiger charge is -2.35. The molecule has 1 aliphatic heterocycles. The molecule has 0 aliphatic carbocycles. The van der Waals surface area contributed by atoms with E-state index in [-0.39, 0.29) is 41.9 Å². The van der Waals surface area contributed by atoms with Crippen molar-refractivity contribution in [2.24, 2.45) is 5.92 Å². The zero-order chi connectivity index (χ0) is 25.5. The number of carbonyl (C=O) groups is 1. The Labute approximate surface area is 204 Å². The minimum Gasteiger partial charge on any atom is -0.490 e. The maximum atomic E-state index is 13.8. The molecule has 1 aromatic rings. The second kappa shape index (κ2) is 12.7. The smallest absolute Gasteiger partial charge is 0.258 e. The quantitative estimate of drug-likeness (QED) is 0.619. The number of aliphatic hydroxyl groups is 1. The van der Waals surface area contributed by atoms with Crippen molar-refractivity contribution >= 4 is 21.6 Å². The van der Waals surface area contributed by atoms with Gasteiger partial charge in [0.2, 0.25) is 10.0 Å². The van der Waals surface area contributed by atoms with E-state index in [1.54, 1.807) is 24.0 Å². The summed E-state index contributed by atoms with van der Waals surface area (Å²) in [5, 5.41) is 9.91. The fourth-order valence-electron chi connectivity index (χ4n) is 4.02. The van der Waals surface area contributed by atoms with Crippen LogP contribution in [0.25, 0.3) is 0 Å². The molecule has 34 heavy (non-hydrogen) atoms. The maximum Gasteiger partial charge on any atom is 0.258 e. The van der Waals surface area contributed by atoms with E-state index in [1.165, 1.54) is 6.07 Å². The van der Waals surface area contributed by atoms with Gasteiger partial charge >= 0.3 is 0 Å². The molecule has 1 heterocycles.